The average Bonchev–Trinajstić information content (AvgIpc) is 2.72. The molecule has 1 unspecified atom stereocenters. The number of halogens is 2. The summed E-state index contributed by atoms with van der Waals surface area (Å²) < 4.78 is 18.9. The van der Waals surface area contributed by atoms with Gasteiger partial charge in [0.2, 0.25) is 5.91 Å². The van der Waals surface area contributed by atoms with Crippen LogP contribution in [0, 0.1) is 11.2 Å². The lowest BCUT2D eigenvalue weighted by Gasteiger charge is -2.21. The van der Waals surface area contributed by atoms with Crippen molar-refractivity contribution in [3.8, 4) is 5.75 Å². The van der Waals surface area contributed by atoms with Crippen LogP contribution >= 0.6 is 15.9 Å². The molecular formula is C13H13BrFNO4. The van der Waals surface area contributed by atoms with Gasteiger partial charge in [-0.2, -0.15) is 0 Å². The van der Waals surface area contributed by atoms with Gasteiger partial charge in [-0.3, -0.25) is 9.59 Å². The van der Waals surface area contributed by atoms with Gasteiger partial charge in [0.25, 0.3) is 0 Å². The van der Waals surface area contributed by atoms with Crippen LogP contribution in [-0.2, 0) is 9.59 Å². The molecule has 0 radical (unpaired) electrons. The predicted octanol–water partition coefficient (Wildman–Crippen LogP) is 2.25. The standard InChI is InChI=1S/C13H13BrFNO4/c1-13(2,12(18)19)11(17)16-9-5-20-10-4-8(15)7(14)3-6(9)10/h3-4,9H,5H2,1-2H3,(H,16,17)(H,18,19). The fraction of sp³-hybridized carbons (Fsp3) is 0.385. The Bertz CT molecular complexity index is 588. The maximum Gasteiger partial charge on any atom is 0.318 e. The van der Waals surface area contributed by atoms with Crippen molar-refractivity contribution in [1.29, 1.82) is 0 Å². The molecule has 7 heteroatoms. The van der Waals surface area contributed by atoms with Crippen molar-refractivity contribution in [2.45, 2.75) is 19.9 Å². The molecule has 0 saturated carbocycles. The van der Waals surface area contributed by atoms with Crippen molar-refractivity contribution in [2.75, 3.05) is 6.61 Å². The van der Waals surface area contributed by atoms with Crippen molar-refractivity contribution in [3.05, 3.63) is 28.0 Å². The molecule has 1 amide bonds. The van der Waals surface area contributed by atoms with E-state index in [1.807, 2.05) is 0 Å². The van der Waals surface area contributed by atoms with E-state index in [0.717, 1.165) is 0 Å². The molecule has 2 rings (SSSR count). The minimum atomic E-state index is -1.54. The number of benzene rings is 1. The first-order valence-electron chi connectivity index (χ1n) is 5.89. The fourth-order valence-electron chi connectivity index (χ4n) is 1.76. The number of rotatable bonds is 3. The second-order valence-corrected chi connectivity index (χ2v) is 5.93. The van der Waals surface area contributed by atoms with Gasteiger partial charge in [-0.25, -0.2) is 4.39 Å². The lowest BCUT2D eigenvalue weighted by Crippen LogP contribution is -2.44. The summed E-state index contributed by atoms with van der Waals surface area (Å²) in [6, 6.07) is 2.26. The van der Waals surface area contributed by atoms with E-state index < -0.39 is 29.2 Å². The van der Waals surface area contributed by atoms with Crippen molar-refractivity contribution in [3.63, 3.8) is 0 Å². The monoisotopic (exact) mass is 345 g/mol. The van der Waals surface area contributed by atoms with Crippen LogP contribution in [0.2, 0.25) is 0 Å². The van der Waals surface area contributed by atoms with Crippen LogP contribution in [-0.4, -0.2) is 23.6 Å². The molecule has 0 spiro atoms. The molecule has 1 heterocycles. The highest BCUT2D eigenvalue weighted by molar-refractivity contribution is 9.10. The largest absolute Gasteiger partial charge is 0.491 e. The molecule has 0 fully saturated rings. The van der Waals surface area contributed by atoms with Gasteiger partial charge in [0.15, 0.2) is 0 Å². The summed E-state index contributed by atoms with van der Waals surface area (Å²) in [5.74, 6) is -1.94. The van der Waals surface area contributed by atoms with Crippen LogP contribution in [0.25, 0.3) is 0 Å². The molecule has 2 N–H and O–H groups in total. The zero-order chi connectivity index (χ0) is 15.1. The molecule has 1 aliphatic heterocycles. The number of nitrogens with one attached hydrogen (secondary N) is 1. The van der Waals surface area contributed by atoms with E-state index in [2.05, 4.69) is 21.2 Å². The fourth-order valence-corrected chi connectivity index (χ4v) is 2.12. The van der Waals surface area contributed by atoms with E-state index in [1.54, 1.807) is 0 Å². The molecule has 1 aromatic carbocycles. The van der Waals surface area contributed by atoms with Crippen LogP contribution in [0.3, 0.4) is 0 Å². The number of hydrogen-bond acceptors (Lipinski definition) is 3. The molecule has 0 bridgehead atoms. The summed E-state index contributed by atoms with van der Waals surface area (Å²) in [5.41, 5.74) is -0.923. The molecule has 0 aliphatic carbocycles. The number of fused-ring (bicyclic) bond motifs is 1. The van der Waals surface area contributed by atoms with Crippen LogP contribution in [0.4, 0.5) is 4.39 Å². The maximum absolute atomic E-state index is 13.4. The van der Waals surface area contributed by atoms with E-state index >= 15 is 0 Å². The first kappa shape index (κ1) is 14.8. The minimum Gasteiger partial charge on any atom is -0.491 e. The molecule has 108 valence electrons. The van der Waals surface area contributed by atoms with E-state index in [1.165, 1.54) is 26.0 Å². The number of carbonyl (C=O) groups is 2. The third kappa shape index (κ3) is 2.49. The van der Waals surface area contributed by atoms with Gasteiger partial charge >= 0.3 is 5.97 Å². The summed E-state index contributed by atoms with van der Waals surface area (Å²) in [5, 5.41) is 11.6. The lowest BCUT2D eigenvalue weighted by atomic mass is 9.92. The van der Waals surface area contributed by atoms with Crippen molar-refractivity contribution >= 4 is 27.8 Å². The number of amides is 1. The predicted molar refractivity (Wildman–Crippen MR) is 71.9 cm³/mol. The van der Waals surface area contributed by atoms with E-state index in [4.69, 9.17) is 9.84 Å². The Balaban J connectivity index is 2.21. The number of carboxylic acids is 1. The van der Waals surface area contributed by atoms with Crippen LogP contribution in [0.15, 0.2) is 16.6 Å². The number of carboxylic acid groups (broad SMARTS) is 1. The number of hydrogen-bond donors (Lipinski definition) is 2. The van der Waals surface area contributed by atoms with Gasteiger partial charge in [0, 0.05) is 11.6 Å². The van der Waals surface area contributed by atoms with Gasteiger partial charge in [-0.1, -0.05) is 0 Å². The highest BCUT2D eigenvalue weighted by Crippen LogP contribution is 2.36. The minimum absolute atomic E-state index is 0.146. The highest BCUT2D eigenvalue weighted by atomic mass is 79.9. The zero-order valence-electron chi connectivity index (χ0n) is 10.9. The smallest absolute Gasteiger partial charge is 0.318 e. The number of carbonyl (C=O) groups excluding carboxylic acids is 1. The highest BCUT2D eigenvalue weighted by Gasteiger charge is 2.38. The summed E-state index contributed by atoms with van der Waals surface area (Å²) in [4.78, 5) is 23.0. The quantitative estimate of drug-likeness (QED) is 0.824. The Kier molecular flexibility index (Phi) is 3.73. The SMILES string of the molecule is CC(C)(C(=O)O)C(=O)NC1COc2cc(F)c(Br)cc21. The second kappa shape index (κ2) is 5.05. The molecular weight excluding hydrogens is 333 g/mol. The topological polar surface area (TPSA) is 75.6 Å². The van der Waals surface area contributed by atoms with Crippen LogP contribution in [0.5, 0.6) is 5.75 Å². The Morgan fingerprint density at radius 1 is 1.50 bits per heavy atom. The Labute approximate surface area is 123 Å². The first-order valence-corrected chi connectivity index (χ1v) is 6.69. The zero-order valence-corrected chi connectivity index (χ0v) is 12.5. The van der Waals surface area contributed by atoms with Gasteiger partial charge in [0.1, 0.15) is 23.6 Å². The van der Waals surface area contributed by atoms with E-state index in [9.17, 15) is 14.0 Å². The molecule has 1 aliphatic rings. The van der Waals surface area contributed by atoms with Gasteiger partial charge < -0.3 is 15.2 Å². The summed E-state index contributed by atoms with van der Waals surface area (Å²) in [6.45, 7) is 2.79. The second-order valence-electron chi connectivity index (χ2n) is 5.07. The number of aliphatic carboxylic acids is 1. The average molecular weight is 346 g/mol. The van der Waals surface area contributed by atoms with Gasteiger partial charge in [0.05, 0.1) is 10.5 Å². The lowest BCUT2D eigenvalue weighted by molar-refractivity contribution is -0.153. The molecule has 0 aromatic heterocycles. The Hall–Kier alpha value is -1.63. The van der Waals surface area contributed by atoms with E-state index in [-0.39, 0.29) is 11.1 Å². The summed E-state index contributed by atoms with van der Waals surface area (Å²) in [6.07, 6.45) is 0. The van der Waals surface area contributed by atoms with Crippen molar-refractivity contribution in [2.24, 2.45) is 5.41 Å². The number of ether oxygens (including phenoxy) is 1. The van der Waals surface area contributed by atoms with Crippen LogP contribution < -0.4 is 10.1 Å². The summed E-state index contributed by atoms with van der Waals surface area (Å²) in [7, 11) is 0. The van der Waals surface area contributed by atoms with Gasteiger partial charge in [-0.05, 0) is 35.8 Å². The van der Waals surface area contributed by atoms with Crippen molar-refractivity contribution < 1.29 is 23.8 Å². The Morgan fingerprint density at radius 3 is 2.75 bits per heavy atom. The molecule has 5 nitrogen and oxygen atoms in total. The van der Waals surface area contributed by atoms with E-state index in [0.29, 0.717) is 11.3 Å². The van der Waals surface area contributed by atoms with Crippen molar-refractivity contribution in [1.82, 2.24) is 5.32 Å². The van der Waals surface area contributed by atoms with Gasteiger partial charge in [-0.15, -0.1) is 0 Å². The molecule has 0 saturated heterocycles. The molecule has 1 atom stereocenters. The molecule has 1 aromatic rings. The normalized spacial score (nSPS) is 17.3. The molecule has 20 heavy (non-hydrogen) atoms. The summed E-state index contributed by atoms with van der Waals surface area (Å²) >= 11 is 3.07. The Morgan fingerprint density at radius 2 is 2.15 bits per heavy atom. The third-order valence-corrected chi connectivity index (χ3v) is 3.85. The maximum atomic E-state index is 13.4. The first-order chi connectivity index (χ1) is 9.23. The van der Waals surface area contributed by atoms with Crippen LogP contribution in [0.1, 0.15) is 25.5 Å². The third-order valence-electron chi connectivity index (χ3n) is 3.24.